The molecule has 1 aromatic carbocycles. The maximum atomic E-state index is 12.9. The van der Waals surface area contributed by atoms with Gasteiger partial charge in [0, 0.05) is 25.0 Å². The molecule has 8 heteroatoms. The molecule has 1 atom stereocenters. The van der Waals surface area contributed by atoms with Gasteiger partial charge in [-0.2, -0.15) is 5.10 Å². The number of carbonyl (C=O) groups excluding carboxylic acids is 1. The predicted octanol–water partition coefficient (Wildman–Crippen LogP) is 3.90. The maximum absolute atomic E-state index is 12.9. The van der Waals surface area contributed by atoms with E-state index < -0.39 is 0 Å². The van der Waals surface area contributed by atoms with Crippen LogP contribution in [0.5, 0.6) is 0 Å². The van der Waals surface area contributed by atoms with E-state index in [-0.39, 0.29) is 24.4 Å². The predicted molar refractivity (Wildman–Crippen MR) is 109 cm³/mol. The number of carbonyl (C=O) groups is 1. The molecule has 5 nitrogen and oxygen atoms in total. The number of nitrogens with one attached hydrogen (secondary N) is 1. The zero-order valence-corrected chi connectivity index (χ0v) is 16.9. The first-order chi connectivity index (χ1) is 12.1. The Bertz CT molecular complexity index is 946. The van der Waals surface area contributed by atoms with Crippen LogP contribution in [0.3, 0.4) is 0 Å². The lowest BCUT2D eigenvalue weighted by Crippen LogP contribution is -2.37. The minimum atomic E-state index is 0. The summed E-state index contributed by atoms with van der Waals surface area (Å²) in [6.07, 6.45) is 1.000. The van der Waals surface area contributed by atoms with E-state index in [9.17, 15) is 4.79 Å². The number of likely N-dealkylation sites (N-methyl/N-ethyl adjacent to an activating group) is 1. The molecule has 4 rings (SSSR count). The third kappa shape index (κ3) is 3.22. The summed E-state index contributed by atoms with van der Waals surface area (Å²) in [7, 11) is 1.89. The minimum absolute atomic E-state index is 0. The smallest absolute Gasteiger partial charge is 0.264 e. The van der Waals surface area contributed by atoms with Gasteiger partial charge >= 0.3 is 0 Å². The van der Waals surface area contributed by atoms with Crippen LogP contribution < -0.4 is 5.32 Å². The Balaban J connectivity index is 0.00000196. The highest BCUT2D eigenvalue weighted by Crippen LogP contribution is 2.33. The molecule has 1 fully saturated rings. The first-order valence-corrected chi connectivity index (χ1v) is 9.47. The molecule has 0 bridgehead atoms. The van der Waals surface area contributed by atoms with Crippen LogP contribution in [-0.4, -0.2) is 46.8 Å². The summed E-state index contributed by atoms with van der Waals surface area (Å²) < 4.78 is 1.84. The van der Waals surface area contributed by atoms with Crippen molar-refractivity contribution in [1.82, 2.24) is 20.0 Å². The number of fused-ring (bicyclic) bond motifs is 1. The molecule has 26 heavy (non-hydrogen) atoms. The van der Waals surface area contributed by atoms with Crippen molar-refractivity contribution in [1.29, 1.82) is 0 Å². The summed E-state index contributed by atoms with van der Waals surface area (Å²) in [4.78, 5) is 16.4. The molecule has 3 aromatic rings. The maximum Gasteiger partial charge on any atom is 0.264 e. The molecule has 1 amide bonds. The number of hydrogen-bond donors (Lipinski definition) is 1. The number of benzene rings is 1. The molecule has 2 aromatic heterocycles. The van der Waals surface area contributed by atoms with Gasteiger partial charge in [0.1, 0.15) is 4.83 Å². The summed E-state index contributed by atoms with van der Waals surface area (Å²) in [5.41, 5.74) is 1.73. The number of aryl methyl sites for hydroxylation is 1. The normalized spacial score (nSPS) is 16.7. The Kier molecular flexibility index (Phi) is 5.58. The topological polar surface area (TPSA) is 50.2 Å². The Labute approximate surface area is 167 Å². The van der Waals surface area contributed by atoms with Crippen molar-refractivity contribution in [3.8, 4) is 5.69 Å². The van der Waals surface area contributed by atoms with Gasteiger partial charge < -0.3 is 10.2 Å². The number of rotatable bonds is 3. The lowest BCUT2D eigenvalue weighted by atomic mass is 10.2. The fourth-order valence-corrected chi connectivity index (χ4v) is 4.62. The third-order valence-corrected chi connectivity index (χ3v) is 6.16. The highest BCUT2D eigenvalue weighted by Gasteiger charge is 2.26. The summed E-state index contributed by atoms with van der Waals surface area (Å²) in [5.74, 6) is 0.0695. The van der Waals surface area contributed by atoms with Gasteiger partial charge in [-0.3, -0.25) is 4.79 Å². The first-order valence-electron chi connectivity index (χ1n) is 8.28. The van der Waals surface area contributed by atoms with E-state index in [2.05, 4.69) is 10.4 Å². The number of halogens is 2. The molecule has 1 aliphatic rings. The van der Waals surface area contributed by atoms with Crippen molar-refractivity contribution in [3.63, 3.8) is 0 Å². The average Bonchev–Trinajstić information content (AvgIpc) is 3.32. The van der Waals surface area contributed by atoms with Crippen molar-refractivity contribution in [3.05, 3.63) is 45.9 Å². The molecule has 0 spiro atoms. The van der Waals surface area contributed by atoms with Crippen molar-refractivity contribution in [2.24, 2.45) is 0 Å². The van der Waals surface area contributed by atoms with Crippen molar-refractivity contribution >= 4 is 51.5 Å². The first kappa shape index (κ1) is 19.2. The number of hydrogen-bond acceptors (Lipinski definition) is 4. The molecule has 0 radical (unpaired) electrons. The molecule has 1 aliphatic heterocycles. The van der Waals surface area contributed by atoms with Crippen LogP contribution in [0, 0.1) is 6.92 Å². The quantitative estimate of drug-likeness (QED) is 0.711. The molecular formula is C18H20Cl2N4OS. The van der Waals surface area contributed by atoms with Crippen LogP contribution in [0.4, 0.5) is 0 Å². The molecule has 138 valence electrons. The summed E-state index contributed by atoms with van der Waals surface area (Å²) >= 11 is 7.81. The van der Waals surface area contributed by atoms with Crippen LogP contribution in [0.25, 0.3) is 15.9 Å². The van der Waals surface area contributed by atoms with E-state index in [4.69, 9.17) is 11.6 Å². The average molecular weight is 411 g/mol. The highest BCUT2D eigenvalue weighted by molar-refractivity contribution is 7.20. The number of thiophene rings is 1. The van der Waals surface area contributed by atoms with Crippen molar-refractivity contribution in [2.45, 2.75) is 19.4 Å². The van der Waals surface area contributed by atoms with Crippen molar-refractivity contribution in [2.75, 3.05) is 20.1 Å². The van der Waals surface area contributed by atoms with Gasteiger partial charge in [-0.15, -0.1) is 23.7 Å². The van der Waals surface area contributed by atoms with Gasteiger partial charge in [-0.25, -0.2) is 4.68 Å². The SMILES string of the molecule is Cc1nn(-c2ccccc2Cl)c2sc(C(=O)N(C)C3CCNC3)cc12.Cl. The van der Waals surface area contributed by atoms with Gasteiger partial charge in [0.05, 0.1) is 21.3 Å². The number of aromatic nitrogens is 2. The molecular weight excluding hydrogens is 391 g/mol. The molecule has 1 saturated heterocycles. The summed E-state index contributed by atoms with van der Waals surface area (Å²) in [6, 6.07) is 9.83. The third-order valence-electron chi connectivity index (χ3n) is 4.74. The number of nitrogens with zero attached hydrogens (tertiary/aromatic N) is 3. The molecule has 1 N–H and O–H groups in total. The lowest BCUT2D eigenvalue weighted by molar-refractivity contribution is 0.0749. The fraction of sp³-hybridized carbons (Fsp3) is 0.333. The number of amides is 1. The van der Waals surface area contributed by atoms with E-state index in [1.54, 1.807) is 0 Å². The van der Waals surface area contributed by atoms with E-state index in [1.165, 1.54) is 11.3 Å². The minimum Gasteiger partial charge on any atom is -0.337 e. The van der Waals surface area contributed by atoms with Crippen LogP contribution in [0.1, 0.15) is 21.8 Å². The Hall–Kier alpha value is -1.60. The molecule has 3 heterocycles. The van der Waals surface area contributed by atoms with Gasteiger partial charge in [-0.1, -0.05) is 23.7 Å². The van der Waals surface area contributed by atoms with Crippen LogP contribution >= 0.6 is 35.3 Å². The van der Waals surface area contributed by atoms with Crippen LogP contribution in [-0.2, 0) is 0 Å². The van der Waals surface area contributed by atoms with Gasteiger partial charge in [-0.05, 0) is 38.1 Å². The molecule has 0 saturated carbocycles. The second-order valence-electron chi connectivity index (χ2n) is 6.34. The van der Waals surface area contributed by atoms with Gasteiger partial charge in [0.2, 0.25) is 0 Å². The molecule has 1 unspecified atom stereocenters. The van der Waals surface area contributed by atoms with Crippen LogP contribution in [0.2, 0.25) is 5.02 Å². The zero-order valence-electron chi connectivity index (χ0n) is 14.5. The van der Waals surface area contributed by atoms with E-state index in [0.717, 1.165) is 46.0 Å². The Morgan fingerprint density at radius 2 is 2.19 bits per heavy atom. The van der Waals surface area contributed by atoms with Crippen LogP contribution in [0.15, 0.2) is 30.3 Å². The lowest BCUT2D eigenvalue weighted by Gasteiger charge is -2.22. The second kappa shape index (κ2) is 7.56. The Morgan fingerprint density at radius 1 is 1.42 bits per heavy atom. The van der Waals surface area contributed by atoms with E-state index in [0.29, 0.717) is 5.02 Å². The fourth-order valence-electron chi connectivity index (χ4n) is 3.25. The Morgan fingerprint density at radius 3 is 2.88 bits per heavy atom. The van der Waals surface area contributed by atoms with E-state index in [1.807, 2.05) is 53.9 Å². The van der Waals surface area contributed by atoms with Gasteiger partial charge in [0.25, 0.3) is 5.91 Å². The number of para-hydroxylation sites is 1. The monoisotopic (exact) mass is 410 g/mol. The zero-order chi connectivity index (χ0) is 17.6. The van der Waals surface area contributed by atoms with Crippen molar-refractivity contribution < 1.29 is 4.79 Å². The largest absolute Gasteiger partial charge is 0.337 e. The van der Waals surface area contributed by atoms with E-state index >= 15 is 0 Å². The van der Waals surface area contributed by atoms with Gasteiger partial charge in [0.15, 0.2) is 0 Å². The summed E-state index contributed by atoms with van der Waals surface area (Å²) in [5, 5.41) is 9.57. The standard InChI is InChI=1S/C18H19ClN4OS.ClH/c1-11-13-9-16(17(24)22(2)12-7-8-20-10-12)25-18(13)23(21-11)15-6-4-3-5-14(15)19;/h3-6,9,12,20H,7-8,10H2,1-2H3;1H. The summed E-state index contributed by atoms with van der Waals surface area (Å²) in [6.45, 7) is 3.79. The highest BCUT2D eigenvalue weighted by atomic mass is 35.5. The second-order valence-corrected chi connectivity index (χ2v) is 7.78. The molecule has 0 aliphatic carbocycles.